The van der Waals surface area contributed by atoms with Crippen molar-refractivity contribution in [1.82, 2.24) is 4.98 Å². The van der Waals surface area contributed by atoms with Crippen LogP contribution in [-0.2, 0) is 0 Å². The number of anilines is 1. The predicted octanol–water partition coefficient (Wildman–Crippen LogP) is 1.93. The molecule has 1 aromatic rings. The number of hydrogen-bond donors (Lipinski definition) is 1. The van der Waals surface area contributed by atoms with Gasteiger partial charge in [-0.2, -0.15) is 0 Å². The summed E-state index contributed by atoms with van der Waals surface area (Å²) < 4.78 is 0. The van der Waals surface area contributed by atoms with Gasteiger partial charge >= 0.3 is 5.97 Å². The van der Waals surface area contributed by atoms with E-state index in [0.29, 0.717) is 0 Å². The van der Waals surface area contributed by atoms with Crippen LogP contribution in [0.25, 0.3) is 0 Å². The number of aromatic carboxylic acids is 1. The largest absolute Gasteiger partial charge is 0.478 e. The van der Waals surface area contributed by atoms with E-state index in [1.165, 1.54) is 6.20 Å². The van der Waals surface area contributed by atoms with Crippen LogP contribution in [0.2, 0.25) is 0 Å². The molecule has 1 rings (SSSR count). The number of aryl methyl sites for hydroxylation is 1. The zero-order valence-corrected chi connectivity index (χ0v) is 9.32. The lowest BCUT2D eigenvalue weighted by molar-refractivity contribution is 0.0696. The third-order valence-electron chi connectivity index (χ3n) is 2.22. The molecule has 0 radical (unpaired) electrons. The average molecular weight is 208 g/mol. The molecule has 4 heteroatoms. The quantitative estimate of drug-likeness (QED) is 0.821. The maximum Gasteiger partial charge on any atom is 0.337 e. The van der Waals surface area contributed by atoms with Gasteiger partial charge in [-0.1, -0.05) is 6.92 Å². The number of aromatic nitrogens is 1. The van der Waals surface area contributed by atoms with E-state index in [4.69, 9.17) is 5.11 Å². The van der Waals surface area contributed by atoms with Gasteiger partial charge in [0.2, 0.25) is 0 Å². The highest BCUT2D eigenvalue weighted by Crippen LogP contribution is 2.16. The normalized spacial score (nSPS) is 10.1. The summed E-state index contributed by atoms with van der Waals surface area (Å²) in [6.45, 7) is 4.89. The fraction of sp³-hybridized carbons (Fsp3) is 0.455. The molecule has 1 N–H and O–H groups in total. The average Bonchev–Trinajstić information content (AvgIpc) is 2.17. The monoisotopic (exact) mass is 208 g/mol. The first-order valence-electron chi connectivity index (χ1n) is 4.97. The first-order chi connectivity index (χ1) is 7.06. The van der Waals surface area contributed by atoms with Gasteiger partial charge in [0.25, 0.3) is 0 Å². The molecule has 0 aliphatic rings. The summed E-state index contributed by atoms with van der Waals surface area (Å²) in [5.41, 5.74) is 1.13. The number of pyridine rings is 1. The van der Waals surface area contributed by atoms with Crippen LogP contribution in [0.4, 0.5) is 5.82 Å². The Labute approximate surface area is 89.6 Å². The molecule has 1 heterocycles. The Morgan fingerprint density at radius 1 is 1.60 bits per heavy atom. The molecule has 0 fully saturated rings. The summed E-state index contributed by atoms with van der Waals surface area (Å²) in [5.74, 6) is -0.0860. The van der Waals surface area contributed by atoms with Gasteiger partial charge in [0.05, 0.1) is 5.56 Å². The molecule has 1 aromatic heterocycles. The van der Waals surface area contributed by atoms with Crippen LogP contribution in [0, 0.1) is 6.92 Å². The van der Waals surface area contributed by atoms with Crippen LogP contribution in [0.1, 0.15) is 29.3 Å². The molecule has 0 atom stereocenters. The lowest BCUT2D eigenvalue weighted by atomic mass is 10.2. The zero-order valence-electron chi connectivity index (χ0n) is 9.32. The molecule has 0 bridgehead atoms. The first kappa shape index (κ1) is 11.5. The fourth-order valence-corrected chi connectivity index (χ4v) is 1.53. The smallest absolute Gasteiger partial charge is 0.337 e. The van der Waals surface area contributed by atoms with Crippen molar-refractivity contribution in [2.45, 2.75) is 20.3 Å². The SMILES string of the molecule is CCCN(C)c1ncc(C(=O)O)cc1C. The Hall–Kier alpha value is -1.58. The Bertz CT molecular complexity index is 364. The van der Waals surface area contributed by atoms with Crippen molar-refractivity contribution < 1.29 is 9.90 Å². The lowest BCUT2D eigenvalue weighted by Crippen LogP contribution is -2.20. The lowest BCUT2D eigenvalue weighted by Gasteiger charge is -2.19. The Morgan fingerprint density at radius 3 is 2.73 bits per heavy atom. The van der Waals surface area contributed by atoms with Crippen LogP contribution in [0.3, 0.4) is 0 Å². The van der Waals surface area contributed by atoms with Gasteiger partial charge in [-0.05, 0) is 25.0 Å². The highest BCUT2D eigenvalue weighted by Gasteiger charge is 2.09. The van der Waals surface area contributed by atoms with Crippen molar-refractivity contribution in [3.63, 3.8) is 0 Å². The van der Waals surface area contributed by atoms with Crippen molar-refractivity contribution in [1.29, 1.82) is 0 Å². The van der Waals surface area contributed by atoms with Gasteiger partial charge in [0, 0.05) is 19.8 Å². The summed E-state index contributed by atoms with van der Waals surface area (Å²) in [6.07, 6.45) is 2.44. The molecule has 82 valence electrons. The number of carboxylic acid groups (broad SMARTS) is 1. The second-order valence-electron chi connectivity index (χ2n) is 3.59. The minimum absolute atomic E-state index is 0.237. The van der Waals surface area contributed by atoms with Crippen LogP contribution in [0.5, 0.6) is 0 Å². The van der Waals surface area contributed by atoms with Crippen LogP contribution >= 0.6 is 0 Å². The number of hydrogen-bond acceptors (Lipinski definition) is 3. The van der Waals surface area contributed by atoms with Crippen LogP contribution in [0.15, 0.2) is 12.3 Å². The highest BCUT2D eigenvalue weighted by molar-refractivity contribution is 5.87. The van der Waals surface area contributed by atoms with Gasteiger partial charge in [0.1, 0.15) is 5.82 Å². The molecular formula is C11H16N2O2. The number of carbonyl (C=O) groups is 1. The molecular weight excluding hydrogens is 192 g/mol. The van der Waals surface area contributed by atoms with Crippen LogP contribution < -0.4 is 4.90 Å². The molecule has 0 aromatic carbocycles. The molecule has 0 spiro atoms. The van der Waals surface area contributed by atoms with Crippen LogP contribution in [-0.4, -0.2) is 29.7 Å². The molecule has 0 amide bonds. The third-order valence-corrected chi connectivity index (χ3v) is 2.22. The van der Waals surface area contributed by atoms with E-state index in [0.717, 1.165) is 24.3 Å². The molecule has 15 heavy (non-hydrogen) atoms. The Kier molecular flexibility index (Phi) is 3.66. The van der Waals surface area contributed by atoms with Crippen molar-refractivity contribution in [2.75, 3.05) is 18.5 Å². The minimum Gasteiger partial charge on any atom is -0.478 e. The second kappa shape index (κ2) is 4.77. The Morgan fingerprint density at radius 2 is 2.27 bits per heavy atom. The summed E-state index contributed by atoms with van der Waals surface area (Å²) in [6, 6.07) is 1.65. The van der Waals surface area contributed by atoms with E-state index in [2.05, 4.69) is 11.9 Å². The summed E-state index contributed by atoms with van der Waals surface area (Å²) >= 11 is 0. The minimum atomic E-state index is -0.935. The van der Waals surface area contributed by atoms with E-state index in [9.17, 15) is 4.79 Å². The van der Waals surface area contributed by atoms with Crippen molar-refractivity contribution >= 4 is 11.8 Å². The van der Waals surface area contributed by atoms with E-state index in [1.54, 1.807) is 6.07 Å². The maximum absolute atomic E-state index is 10.7. The van der Waals surface area contributed by atoms with E-state index < -0.39 is 5.97 Å². The standard InChI is InChI=1S/C11H16N2O2/c1-4-5-13(3)10-8(2)6-9(7-12-10)11(14)15/h6-7H,4-5H2,1-3H3,(H,14,15). The zero-order chi connectivity index (χ0) is 11.4. The summed E-state index contributed by atoms with van der Waals surface area (Å²) in [4.78, 5) is 16.9. The van der Waals surface area contributed by atoms with Gasteiger partial charge < -0.3 is 10.0 Å². The number of rotatable bonds is 4. The van der Waals surface area contributed by atoms with E-state index in [1.807, 2.05) is 18.9 Å². The predicted molar refractivity (Wildman–Crippen MR) is 59.5 cm³/mol. The van der Waals surface area contributed by atoms with Gasteiger partial charge in [-0.15, -0.1) is 0 Å². The molecule has 0 aliphatic carbocycles. The van der Waals surface area contributed by atoms with Crippen molar-refractivity contribution in [2.24, 2.45) is 0 Å². The van der Waals surface area contributed by atoms with Gasteiger partial charge in [-0.3, -0.25) is 0 Å². The molecule has 4 nitrogen and oxygen atoms in total. The Balaban J connectivity index is 2.97. The molecule has 0 unspecified atom stereocenters. The second-order valence-corrected chi connectivity index (χ2v) is 3.59. The molecule has 0 aliphatic heterocycles. The number of nitrogens with zero attached hydrogens (tertiary/aromatic N) is 2. The van der Waals surface area contributed by atoms with Gasteiger partial charge in [-0.25, -0.2) is 9.78 Å². The highest BCUT2D eigenvalue weighted by atomic mass is 16.4. The third kappa shape index (κ3) is 2.68. The molecule has 0 saturated heterocycles. The van der Waals surface area contributed by atoms with E-state index in [-0.39, 0.29) is 5.56 Å². The summed E-state index contributed by atoms with van der Waals surface area (Å²) in [7, 11) is 1.96. The van der Waals surface area contributed by atoms with Crippen molar-refractivity contribution in [3.05, 3.63) is 23.4 Å². The fourth-order valence-electron chi connectivity index (χ4n) is 1.53. The van der Waals surface area contributed by atoms with Crippen molar-refractivity contribution in [3.8, 4) is 0 Å². The van der Waals surface area contributed by atoms with E-state index >= 15 is 0 Å². The maximum atomic E-state index is 10.7. The van der Waals surface area contributed by atoms with Gasteiger partial charge in [0.15, 0.2) is 0 Å². The first-order valence-corrected chi connectivity index (χ1v) is 4.97. The topological polar surface area (TPSA) is 53.4 Å². The number of carboxylic acids is 1. The summed E-state index contributed by atoms with van der Waals surface area (Å²) in [5, 5.41) is 8.79. The molecule has 0 saturated carbocycles.